The van der Waals surface area contributed by atoms with Gasteiger partial charge < -0.3 is 20.6 Å². The van der Waals surface area contributed by atoms with Crippen molar-refractivity contribution >= 4 is 17.3 Å². The van der Waals surface area contributed by atoms with Crippen LogP contribution in [-0.2, 0) is 17.9 Å². The molecule has 0 bridgehead atoms. The van der Waals surface area contributed by atoms with Crippen molar-refractivity contribution < 1.29 is 14.6 Å². The zero-order chi connectivity index (χ0) is 27.8. The summed E-state index contributed by atoms with van der Waals surface area (Å²) in [6, 6.07) is 12.1. The number of aliphatic carboxylic acids is 1. The van der Waals surface area contributed by atoms with Gasteiger partial charge in [0.05, 0.1) is 17.8 Å². The second kappa shape index (κ2) is 10.6. The van der Waals surface area contributed by atoms with Crippen molar-refractivity contribution in [2.24, 2.45) is 5.84 Å². The average molecular weight is 518 g/mol. The van der Waals surface area contributed by atoms with Crippen LogP contribution in [0.3, 0.4) is 0 Å². The van der Waals surface area contributed by atoms with Gasteiger partial charge in [-0.3, -0.25) is 14.7 Å². The molecule has 0 radical (unpaired) electrons. The Morgan fingerprint density at radius 3 is 2.63 bits per heavy atom. The lowest BCUT2D eigenvalue weighted by Gasteiger charge is -2.30. The van der Waals surface area contributed by atoms with E-state index in [9.17, 15) is 9.90 Å². The third-order valence-corrected chi connectivity index (χ3v) is 7.30. The molecule has 8 nitrogen and oxygen atoms in total. The summed E-state index contributed by atoms with van der Waals surface area (Å²) in [7, 11) is 1.73. The van der Waals surface area contributed by atoms with Gasteiger partial charge in [-0.15, -0.1) is 0 Å². The van der Waals surface area contributed by atoms with E-state index in [0.29, 0.717) is 17.9 Å². The molecule has 3 aromatic rings. The lowest BCUT2D eigenvalue weighted by Crippen LogP contribution is -2.40. The lowest BCUT2D eigenvalue weighted by atomic mass is 9.84. The first-order valence-electron chi connectivity index (χ1n) is 12.9. The predicted octanol–water partition coefficient (Wildman–Crippen LogP) is 4.68. The third-order valence-electron chi connectivity index (χ3n) is 7.30. The van der Waals surface area contributed by atoms with Gasteiger partial charge in [0.1, 0.15) is 11.4 Å². The molecule has 2 heterocycles. The van der Waals surface area contributed by atoms with Crippen molar-refractivity contribution in [2.75, 3.05) is 24.3 Å². The zero-order valence-corrected chi connectivity index (χ0v) is 23.2. The highest BCUT2D eigenvalue weighted by molar-refractivity contribution is 5.74. The first-order chi connectivity index (χ1) is 17.8. The molecule has 4 rings (SSSR count). The standard InChI is InChI=1S/C30H39N5O3/c1-18-7-8-21(25(13-28(36)37)24-9-10-26(34(6)32)29(31)20(24)3)12-22(18)15-35-16-23-14-33-19(2)11-27(23)38-30(4,5)17-35/h7-12,14,25H,13,15-17,31-32H2,1-6H3,(H,36,37). The molecule has 1 unspecified atom stereocenters. The minimum atomic E-state index is -0.860. The molecule has 38 heavy (non-hydrogen) atoms. The number of aryl methyl sites for hydroxylation is 2. The molecular formula is C30H39N5O3. The number of carboxylic acids is 1. The topological polar surface area (TPSA) is 118 Å². The molecule has 0 saturated heterocycles. The minimum absolute atomic E-state index is 0.0381. The maximum atomic E-state index is 12.0. The number of hydrogen-bond acceptors (Lipinski definition) is 7. The van der Waals surface area contributed by atoms with Crippen molar-refractivity contribution in [1.82, 2.24) is 9.88 Å². The Bertz CT molecular complexity index is 1350. The fourth-order valence-corrected chi connectivity index (χ4v) is 5.37. The highest BCUT2D eigenvalue weighted by Crippen LogP contribution is 2.37. The number of nitrogens with two attached hydrogens (primary N) is 2. The molecule has 2 aromatic carbocycles. The third kappa shape index (κ3) is 5.92. The smallest absolute Gasteiger partial charge is 0.304 e. The molecule has 0 fully saturated rings. The van der Waals surface area contributed by atoms with Gasteiger partial charge in [-0.25, -0.2) is 5.84 Å². The number of aromatic nitrogens is 1. The predicted molar refractivity (Wildman–Crippen MR) is 151 cm³/mol. The molecule has 1 aliphatic rings. The molecule has 1 atom stereocenters. The van der Waals surface area contributed by atoms with Gasteiger partial charge >= 0.3 is 5.97 Å². The van der Waals surface area contributed by atoms with Crippen LogP contribution in [0.4, 0.5) is 11.4 Å². The van der Waals surface area contributed by atoms with Crippen molar-refractivity contribution in [3.63, 3.8) is 0 Å². The van der Waals surface area contributed by atoms with Crippen molar-refractivity contribution in [2.45, 2.75) is 65.6 Å². The number of hydrazine groups is 1. The Morgan fingerprint density at radius 2 is 1.95 bits per heavy atom. The SMILES string of the molecule is Cc1cc2c(cn1)CN(Cc1cc(C(CC(=O)O)c3ccc(N(C)N)c(N)c3C)ccc1C)CC(C)(C)O2. The van der Waals surface area contributed by atoms with Crippen molar-refractivity contribution in [3.05, 3.63) is 81.7 Å². The van der Waals surface area contributed by atoms with Crippen LogP contribution in [0.1, 0.15) is 65.3 Å². The molecule has 5 N–H and O–H groups in total. The van der Waals surface area contributed by atoms with E-state index in [-0.39, 0.29) is 17.9 Å². The second-order valence-electron chi connectivity index (χ2n) is 11.1. The van der Waals surface area contributed by atoms with Crippen molar-refractivity contribution in [3.8, 4) is 5.75 Å². The fraction of sp³-hybridized carbons (Fsp3) is 0.400. The van der Waals surface area contributed by atoms with Gasteiger partial charge in [-0.1, -0.05) is 24.3 Å². The number of rotatable bonds is 7. The Balaban J connectivity index is 1.70. The van der Waals surface area contributed by atoms with Crippen LogP contribution < -0.4 is 21.3 Å². The first-order valence-corrected chi connectivity index (χ1v) is 12.9. The summed E-state index contributed by atoms with van der Waals surface area (Å²) in [6.07, 6.45) is 1.87. The minimum Gasteiger partial charge on any atom is -0.486 e. The quantitative estimate of drug-likeness (QED) is 0.235. The first kappa shape index (κ1) is 27.4. The molecule has 202 valence electrons. The largest absolute Gasteiger partial charge is 0.486 e. The van der Waals surface area contributed by atoms with Crippen molar-refractivity contribution in [1.29, 1.82) is 0 Å². The van der Waals surface area contributed by atoms with Crippen LogP contribution in [0.15, 0.2) is 42.6 Å². The Hall–Kier alpha value is -3.62. The van der Waals surface area contributed by atoms with E-state index < -0.39 is 5.97 Å². The molecule has 0 amide bonds. The monoisotopic (exact) mass is 517 g/mol. The van der Waals surface area contributed by atoms with E-state index in [1.807, 2.05) is 44.3 Å². The normalized spacial score (nSPS) is 15.8. The molecule has 0 aliphatic carbocycles. The lowest BCUT2D eigenvalue weighted by molar-refractivity contribution is -0.137. The van der Waals surface area contributed by atoms with E-state index in [1.54, 1.807) is 7.05 Å². The number of pyridine rings is 1. The Morgan fingerprint density at radius 1 is 1.21 bits per heavy atom. The summed E-state index contributed by atoms with van der Waals surface area (Å²) in [5.74, 6) is 5.62. The number of fused-ring (bicyclic) bond motifs is 1. The Kier molecular flexibility index (Phi) is 7.67. The molecule has 1 aromatic heterocycles. The summed E-state index contributed by atoms with van der Waals surface area (Å²) < 4.78 is 6.37. The second-order valence-corrected chi connectivity index (χ2v) is 11.1. The fourth-order valence-electron chi connectivity index (χ4n) is 5.37. The molecular weight excluding hydrogens is 478 g/mol. The molecule has 8 heteroatoms. The van der Waals surface area contributed by atoms with E-state index in [0.717, 1.165) is 57.9 Å². The maximum Gasteiger partial charge on any atom is 0.304 e. The van der Waals surface area contributed by atoms with Gasteiger partial charge in [0.2, 0.25) is 0 Å². The number of hydrogen-bond donors (Lipinski definition) is 3. The van der Waals surface area contributed by atoms with Gasteiger partial charge in [0, 0.05) is 56.1 Å². The zero-order valence-electron chi connectivity index (χ0n) is 23.2. The summed E-state index contributed by atoms with van der Waals surface area (Å²) >= 11 is 0. The van der Waals surface area contributed by atoms with Gasteiger partial charge in [-0.2, -0.15) is 0 Å². The molecule has 0 saturated carbocycles. The maximum absolute atomic E-state index is 12.0. The van der Waals surface area contributed by atoms with Crippen LogP contribution in [0, 0.1) is 20.8 Å². The molecule has 0 spiro atoms. The Labute approximate surface area is 225 Å². The summed E-state index contributed by atoms with van der Waals surface area (Å²) in [5, 5.41) is 11.3. The van der Waals surface area contributed by atoms with Gasteiger partial charge in [0.15, 0.2) is 0 Å². The van der Waals surface area contributed by atoms with Crippen LogP contribution in [0.5, 0.6) is 5.75 Å². The van der Waals surface area contributed by atoms with Gasteiger partial charge in [-0.05, 0) is 68.5 Å². The number of benzene rings is 2. The summed E-state index contributed by atoms with van der Waals surface area (Å²) in [4.78, 5) is 18.8. The highest BCUT2D eigenvalue weighted by atomic mass is 16.5. The van der Waals surface area contributed by atoms with Crippen LogP contribution in [0.25, 0.3) is 0 Å². The highest BCUT2D eigenvalue weighted by Gasteiger charge is 2.30. The van der Waals surface area contributed by atoms with Gasteiger partial charge in [0.25, 0.3) is 0 Å². The van der Waals surface area contributed by atoms with E-state index in [2.05, 4.69) is 42.8 Å². The summed E-state index contributed by atoms with van der Waals surface area (Å²) in [6.45, 7) is 12.4. The average Bonchev–Trinajstić information content (AvgIpc) is 2.94. The number of nitrogens with zero attached hydrogens (tertiary/aromatic N) is 3. The van der Waals surface area contributed by atoms with Crippen LogP contribution >= 0.6 is 0 Å². The van der Waals surface area contributed by atoms with E-state index in [4.69, 9.17) is 16.3 Å². The number of anilines is 2. The number of carboxylic acid groups (broad SMARTS) is 1. The summed E-state index contributed by atoms with van der Waals surface area (Å²) in [5.41, 5.74) is 14.3. The molecule has 1 aliphatic heterocycles. The number of ether oxygens (including phenoxy) is 1. The van der Waals surface area contributed by atoms with E-state index >= 15 is 0 Å². The number of carbonyl (C=O) groups is 1. The number of nitrogen functional groups attached to an aromatic ring is 1. The van der Waals surface area contributed by atoms with E-state index in [1.165, 1.54) is 5.01 Å². The van der Waals surface area contributed by atoms with Crippen LogP contribution in [-0.4, -0.2) is 40.2 Å². The van der Waals surface area contributed by atoms with Crippen LogP contribution in [0.2, 0.25) is 0 Å².